The second-order valence-electron chi connectivity index (χ2n) is 20.2. The first-order valence-electron chi connectivity index (χ1n) is 26.5. The van der Waals surface area contributed by atoms with E-state index in [1.54, 1.807) is 0 Å². The van der Waals surface area contributed by atoms with Crippen molar-refractivity contribution >= 4 is 39.1 Å². The number of hydrogen-bond acceptors (Lipinski definition) is 11. The highest BCUT2D eigenvalue weighted by Crippen LogP contribution is 2.35. The Morgan fingerprint density at radius 3 is 1.68 bits per heavy atom. The number of aromatic nitrogens is 3. The van der Waals surface area contributed by atoms with Crippen LogP contribution in [0.4, 0.5) is 11.4 Å². The third-order valence-electron chi connectivity index (χ3n) is 15.0. The molecule has 8 rings (SSSR count). The van der Waals surface area contributed by atoms with Crippen LogP contribution >= 0.6 is 15.9 Å². The highest BCUT2D eigenvalue weighted by molar-refractivity contribution is 9.10. The second-order valence-corrected chi connectivity index (χ2v) is 21.2. The van der Waals surface area contributed by atoms with Gasteiger partial charge in [0.25, 0.3) is 22.9 Å². The largest absolute Gasteiger partial charge is 0.381 e. The summed E-state index contributed by atoms with van der Waals surface area (Å²) in [5.74, 6) is -0.374. The van der Waals surface area contributed by atoms with E-state index in [1.807, 2.05) is 72.0 Å². The monoisotopic (exact) mass is 1080 g/mol. The number of likely N-dealkylation sites (N-methyl/N-ethyl adjacent to an activating group) is 1. The van der Waals surface area contributed by atoms with Gasteiger partial charge in [-0.05, 0) is 178 Å². The Balaban J connectivity index is 0.000000233. The summed E-state index contributed by atoms with van der Waals surface area (Å²) in [7, 11) is 2.19. The Kier molecular flexibility index (Phi) is 19.9. The molecule has 74 heavy (non-hydrogen) atoms. The molecule has 16 heteroatoms. The third-order valence-corrected chi connectivity index (χ3v) is 15.4. The third kappa shape index (κ3) is 14.2. The van der Waals surface area contributed by atoms with Crippen LogP contribution in [0.1, 0.15) is 117 Å². The van der Waals surface area contributed by atoms with Crippen LogP contribution in [0.2, 0.25) is 0 Å². The summed E-state index contributed by atoms with van der Waals surface area (Å²) in [5.41, 5.74) is 12.4. The maximum atomic E-state index is 13.8. The van der Waals surface area contributed by atoms with Crippen molar-refractivity contribution < 1.29 is 19.1 Å². The number of anilines is 2. The highest BCUT2D eigenvalue weighted by atomic mass is 79.9. The molecule has 0 atom stereocenters. The minimum Gasteiger partial charge on any atom is -0.381 e. The molecule has 2 amide bonds. The molecule has 0 radical (unpaired) electrons. The molecular weight excluding hydrogens is 999 g/mol. The zero-order valence-electron chi connectivity index (χ0n) is 45.1. The van der Waals surface area contributed by atoms with Crippen molar-refractivity contribution in [1.82, 2.24) is 35.4 Å². The van der Waals surface area contributed by atoms with Crippen LogP contribution in [0.25, 0.3) is 11.1 Å². The van der Waals surface area contributed by atoms with Crippen molar-refractivity contribution in [2.45, 2.75) is 119 Å². The highest BCUT2D eigenvalue weighted by Gasteiger charge is 2.27. The zero-order chi connectivity index (χ0) is 53.1. The van der Waals surface area contributed by atoms with E-state index in [4.69, 9.17) is 14.5 Å². The van der Waals surface area contributed by atoms with Crippen molar-refractivity contribution in [2.24, 2.45) is 0 Å². The first kappa shape index (κ1) is 56.1. The van der Waals surface area contributed by atoms with Crippen molar-refractivity contribution in [3.05, 3.63) is 141 Å². The lowest BCUT2D eigenvalue weighted by Crippen LogP contribution is -2.40. The van der Waals surface area contributed by atoms with Gasteiger partial charge in [-0.3, -0.25) is 29.1 Å². The van der Waals surface area contributed by atoms with Crippen LogP contribution in [-0.4, -0.2) is 121 Å². The lowest BCUT2D eigenvalue weighted by molar-refractivity contribution is 0.0845. The normalized spacial score (nSPS) is 16.0. The summed E-state index contributed by atoms with van der Waals surface area (Å²) in [6.45, 7) is 26.1. The number of carbonyl (C=O) groups is 2. The van der Waals surface area contributed by atoms with E-state index in [-0.39, 0.29) is 36.0 Å². The smallest absolute Gasteiger partial charge is 0.253 e. The van der Waals surface area contributed by atoms with E-state index in [0.717, 1.165) is 164 Å². The lowest BCUT2D eigenvalue weighted by Gasteiger charge is -2.37. The van der Waals surface area contributed by atoms with Gasteiger partial charge in [-0.25, -0.2) is 0 Å². The number of carbonyl (C=O) groups excluding carboxylic acids is 2. The number of H-pyrrole nitrogens is 2. The summed E-state index contributed by atoms with van der Waals surface area (Å²) < 4.78 is 12.0. The van der Waals surface area contributed by atoms with Gasteiger partial charge in [-0.2, -0.15) is 0 Å². The van der Waals surface area contributed by atoms with Gasteiger partial charge in [0.2, 0.25) is 0 Å². The van der Waals surface area contributed by atoms with E-state index in [9.17, 15) is 19.2 Å². The van der Waals surface area contributed by atoms with Gasteiger partial charge in [0.1, 0.15) is 0 Å². The number of halogens is 1. The number of nitrogens with one attached hydrogen (secondary N) is 4. The Morgan fingerprint density at radius 2 is 1.19 bits per heavy atom. The van der Waals surface area contributed by atoms with Crippen LogP contribution in [0.15, 0.2) is 68.8 Å². The molecule has 15 nitrogen and oxygen atoms in total. The van der Waals surface area contributed by atoms with E-state index in [1.165, 1.54) is 6.42 Å². The van der Waals surface area contributed by atoms with Crippen molar-refractivity contribution in [1.29, 1.82) is 0 Å². The molecule has 0 unspecified atom stereocenters. The molecule has 2 aromatic carbocycles. The van der Waals surface area contributed by atoms with E-state index < -0.39 is 0 Å². The van der Waals surface area contributed by atoms with E-state index in [2.05, 4.69) is 101 Å². The van der Waals surface area contributed by atoms with Gasteiger partial charge in [-0.1, -0.05) is 22.0 Å². The average molecular weight is 1080 g/mol. The molecule has 4 N–H and O–H groups in total. The minimum atomic E-state index is -0.191. The molecule has 3 aromatic heterocycles. The Bertz CT molecular complexity index is 2850. The predicted molar refractivity (Wildman–Crippen MR) is 300 cm³/mol. The molecule has 0 aliphatic carbocycles. The van der Waals surface area contributed by atoms with Crippen molar-refractivity contribution in [3.8, 4) is 11.1 Å². The Morgan fingerprint density at radius 1 is 0.676 bits per heavy atom. The zero-order valence-corrected chi connectivity index (χ0v) is 46.7. The van der Waals surface area contributed by atoms with Crippen molar-refractivity contribution in [3.63, 3.8) is 0 Å². The SMILES string of the molecule is CCN(c1cc(-c2ccc(CN3CCCN(C)CC3)nc2)cc(C(=O)NCc2c(C)cc(C)[nH]c2=O)c1C)C1CCOCC1.CCN(c1cc(Br)cc(C(=O)NCc2c(C)cc(C)[nH]c2=O)c1C)C1CCOCC1. The fourth-order valence-electron chi connectivity index (χ4n) is 10.7. The predicted octanol–water partition coefficient (Wildman–Crippen LogP) is 8.43. The number of benzene rings is 2. The summed E-state index contributed by atoms with van der Waals surface area (Å²) >= 11 is 3.58. The first-order valence-corrected chi connectivity index (χ1v) is 27.3. The molecule has 398 valence electrons. The quantitative estimate of drug-likeness (QED) is 0.0795. The van der Waals surface area contributed by atoms with Crippen LogP contribution in [-0.2, 0) is 29.1 Å². The number of amides is 2. The number of nitrogens with zero attached hydrogens (tertiary/aromatic N) is 5. The van der Waals surface area contributed by atoms with Gasteiger partial charge in [0.05, 0.1) is 5.69 Å². The maximum Gasteiger partial charge on any atom is 0.253 e. The maximum absolute atomic E-state index is 13.8. The van der Waals surface area contributed by atoms with Gasteiger partial charge in [0, 0.05) is 146 Å². The molecule has 6 heterocycles. The number of rotatable bonds is 15. The van der Waals surface area contributed by atoms with E-state index >= 15 is 0 Å². The van der Waals surface area contributed by atoms with Gasteiger partial charge >= 0.3 is 0 Å². The van der Waals surface area contributed by atoms with Gasteiger partial charge in [-0.15, -0.1) is 0 Å². The lowest BCUT2D eigenvalue weighted by atomic mass is 9.95. The van der Waals surface area contributed by atoms with Gasteiger partial charge in [0.15, 0.2) is 0 Å². The van der Waals surface area contributed by atoms with Crippen LogP contribution in [0.3, 0.4) is 0 Å². The number of aryl methyl sites for hydroxylation is 4. The molecule has 5 aromatic rings. The van der Waals surface area contributed by atoms with Crippen LogP contribution in [0, 0.1) is 41.5 Å². The Labute approximate surface area is 446 Å². The summed E-state index contributed by atoms with van der Waals surface area (Å²) in [5, 5.41) is 5.97. The summed E-state index contributed by atoms with van der Waals surface area (Å²) in [6, 6.07) is 17.0. The minimum absolute atomic E-state index is 0.156. The summed E-state index contributed by atoms with van der Waals surface area (Å²) in [4.78, 5) is 71.9. The fraction of sp³-hybridized carbons (Fsp3) is 0.500. The molecule has 3 aliphatic heterocycles. The number of ether oxygens (including phenoxy) is 2. The first-order chi connectivity index (χ1) is 35.5. The van der Waals surface area contributed by atoms with Crippen molar-refractivity contribution in [2.75, 3.05) is 82.5 Å². The average Bonchev–Trinajstić information content (AvgIpc) is 3.59. The Hall–Kier alpha value is -5.65. The fourth-order valence-corrected chi connectivity index (χ4v) is 11.2. The topological polar surface area (TPSA) is 168 Å². The number of hydrogen-bond donors (Lipinski definition) is 4. The molecule has 3 saturated heterocycles. The van der Waals surface area contributed by atoms with Gasteiger partial charge < -0.3 is 44.8 Å². The molecule has 3 aliphatic rings. The molecule has 3 fully saturated rings. The van der Waals surface area contributed by atoms with E-state index in [0.29, 0.717) is 34.3 Å². The molecule has 0 saturated carbocycles. The number of pyridine rings is 3. The molecular formula is C58H78BrN9O6. The van der Waals surface area contributed by atoms with Crippen LogP contribution < -0.4 is 31.6 Å². The summed E-state index contributed by atoms with van der Waals surface area (Å²) in [6.07, 6.45) is 6.99. The standard InChI is InChI=1S/C35H48N6O3.C23H30BrN3O3/c1-6-41(30-10-16-44-17-11-30)33-20-28(27-8-9-29(36-21-27)23-40-13-7-12-39(5)14-15-40)19-31(26(33)4)34(42)37-22-32-24(2)18-25(3)38-35(32)43;1-5-27(18-6-8-30-9-7-18)21-12-17(24)11-19(16(21)4)22(28)25-13-20-14(2)10-15(3)26-23(20)29/h8-9,18-21,30H,6-7,10-17,22-23H2,1-5H3,(H,37,42)(H,38,43);10-12,18H,5-9,13H2,1-4H3,(H,25,28)(H,26,29). The number of aromatic amines is 2. The second kappa shape index (κ2) is 26.2. The van der Waals surface area contributed by atoms with Crippen LogP contribution in [0.5, 0.6) is 0 Å². The molecule has 0 bridgehead atoms. The molecule has 0 spiro atoms.